The lowest BCUT2D eigenvalue weighted by molar-refractivity contribution is -0.119. The first-order chi connectivity index (χ1) is 12.1. The number of furan rings is 1. The van der Waals surface area contributed by atoms with Gasteiger partial charge in [0.15, 0.2) is 0 Å². The highest BCUT2D eigenvalue weighted by atomic mass is 35.5. The predicted molar refractivity (Wildman–Crippen MR) is 94.4 cm³/mol. The van der Waals surface area contributed by atoms with Gasteiger partial charge in [0.1, 0.15) is 12.3 Å². The monoisotopic (exact) mass is 377 g/mol. The average Bonchev–Trinajstić information content (AvgIpc) is 3.26. The van der Waals surface area contributed by atoms with Crippen LogP contribution in [0.25, 0.3) is 0 Å². The second-order valence-electron chi connectivity index (χ2n) is 5.30. The van der Waals surface area contributed by atoms with Crippen molar-refractivity contribution in [3.63, 3.8) is 0 Å². The molecule has 3 aromatic rings. The first-order valence-electron chi connectivity index (χ1n) is 7.58. The van der Waals surface area contributed by atoms with Gasteiger partial charge in [-0.1, -0.05) is 41.6 Å². The van der Waals surface area contributed by atoms with Crippen molar-refractivity contribution in [1.29, 1.82) is 0 Å². The van der Waals surface area contributed by atoms with Crippen LogP contribution < -0.4 is 5.32 Å². The first-order valence-corrected chi connectivity index (χ1v) is 8.95. The minimum atomic E-state index is -0.180. The van der Waals surface area contributed by atoms with E-state index in [1.54, 1.807) is 23.1 Å². The van der Waals surface area contributed by atoms with E-state index in [1.165, 1.54) is 11.8 Å². The molecule has 1 amide bonds. The van der Waals surface area contributed by atoms with Gasteiger partial charge in [-0.2, -0.15) is 0 Å². The fourth-order valence-corrected chi connectivity index (χ4v) is 3.25. The largest absolute Gasteiger partial charge is 0.467 e. The topological polar surface area (TPSA) is 85.8 Å². The summed E-state index contributed by atoms with van der Waals surface area (Å²) in [5.41, 5.74) is 0.880. The molecule has 7 nitrogen and oxygen atoms in total. The molecule has 0 aliphatic heterocycles. The Kier molecular flexibility index (Phi) is 5.72. The van der Waals surface area contributed by atoms with Crippen molar-refractivity contribution in [2.75, 3.05) is 5.75 Å². The van der Waals surface area contributed by atoms with E-state index >= 15 is 0 Å². The average molecular weight is 378 g/mol. The highest BCUT2D eigenvalue weighted by Gasteiger charge is 2.15. The molecular weight excluding hydrogens is 362 g/mol. The zero-order valence-electron chi connectivity index (χ0n) is 13.4. The summed E-state index contributed by atoms with van der Waals surface area (Å²) in [5.74, 6) is 0.823. The molecule has 0 aliphatic carbocycles. The Labute approximate surface area is 153 Å². The third-order valence-electron chi connectivity index (χ3n) is 3.47. The third kappa shape index (κ3) is 4.61. The number of amides is 1. The molecule has 0 aliphatic rings. The van der Waals surface area contributed by atoms with Gasteiger partial charge in [-0.15, -0.1) is 5.10 Å². The highest BCUT2D eigenvalue weighted by molar-refractivity contribution is 7.99. The first kappa shape index (κ1) is 17.5. The van der Waals surface area contributed by atoms with Crippen molar-refractivity contribution in [2.45, 2.75) is 24.7 Å². The molecule has 0 saturated heterocycles. The van der Waals surface area contributed by atoms with Crippen LogP contribution in [0.15, 0.2) is 52.2 Å². The maximum Gasteiger partial charge on any atom is 0.230 e. The van der Waals surface area contributed by atoms with Crippen LogP contribution in [0.3, 0.4) is 0 Å². The van der Waals surface area contributed by atoms with Crippen LogP contribution >= 0.6 is 23.4 Å². The number of benzene rings is 1. The molecule has 0 saturated carbocycles. The Morgan fingerprint density at radius 1 is 1.36 bits per heavy atom. The van der Waals surface area contributed by atoms with Crippen molar-refractivity contribution in [1.82, 2.24) is 25.5 Å². The van der Waals surface area contributed by atoms with Crippen LogP contribution in [0.1, 0.15) is 24.3 Å². The molecule has 0 radical (unpaired) electrons. The Balaban J connectivity index is 1.54. The summed E-state index contributed by atoms with van der Waals surface area (Å²) >= 11 is 7.42. The molecule has 2 heterocycles. The highest BCUT2D eigenvalue weighted by Crippen LogP contribution is 2.22. The lowest BCUT2D eigenvalue weighted by Gasteiger charge is -2.15. The van der Waals surface area contributed by atoms with Gasteiger partial charge in [-0.25, -0.2) is 4.68 Å². The van der Waals surface area contributed by atoms with Crippen LogP contribution in [0, 0.1) is 0 Å². The SMILES string of the molecule is CC(NC(=O)CSc1nnnn1Cc1ccco1)c1ccccc1Cl. The lowest BCUT2D eigenvalue weighted by Crippen LogP contribution is -2.28. The molecule has 1 N–H and O–H groups in total. The minimum Gasteiger partial charge on any atom is -0.467 e. The molecule has 1 aromatic carbocycles. The van der Waals surface area contributed by atoms with Crippen molar-refractivity contribution < 1.29 is 9.21 Å². The van der Waals surface area contributed by atoms with E-state index in [4.69, 9.17) is 16.0 Å². The van der Waals surface area contributed by atoms with Crippen molar-refractivity contribution in [2.24, 2.45) is 0 Å². The van der Waals surface area contributed by atoms with Crippen LogP contribution in [-0.2, 0) is 11.3 Å². The number of thioether (sulfide) groups is 1. The van der Waals surface area contributed by atoms with E-state index in [2.05, 4.69) is 20.8 Å². The van der Waals surface area contributed by atoms with E-state index in [0.717, 1.165) is 11.3 Å². The van der Waals surface area contributed by atoms with E-state index < -0.39 is 0 Å². The number of tetrazole rings is 1. The van der Waals surface area contributed by atoms with Gasteiger partial charge in [0.05, 0.1) is 18.1 Å². The predicted octanol–water partition coefficient (Wildman–Crippen LogP) is 2.94. The number of hydrogen-bond donors (Lipinski definition) is 1. The van der Waals surface area contributed by atoms with Crippen molar-refractivity contribution >= 4 is 29.3 Å². The summed E-state index contributed by atoms with van der Waals surface area (Å²) in [6.45, 7) is 2.31. The molecule has 0 spiro atoms. The smallest absolute Gasteiger partial charge is 0.230 e. The number of halogens is 1. The summed E-state index contributed by atoms with van der Waals surface area (Å²) < 4.78 is 6.87. The molecule has 0 bridgehead atoms. The summed E-state index contributed by atoms with van der Waals surface area (Å²) in [5, 5.41) is 15.6. The van der Waals surface area contributed by atoms with Gasteiger partial charge in [-0.3, -0.25) is 4.79 Å². The van der Waals surface area contributed by atoms with E-state index in [9.17, 15) is 4.79 Å². The summed E-state index contributed by atoms with van der Waals surface area (Å²) in [4.78, 5) is 12.2. The number of nitrogens with zero attached hydrogens (tertiary/aromatic N) is 4. The molecule has 130 valence electrons. The Morgan fingerprint density at radius 3 is 2.96 bits per heavy atom. The lowest BCUT2D eigenvalue weighted by atomic mass is 10.1. The van der Waals surface area contributed by atoms with Gasteiger partial charge in [0.25, 0.3) is 0 Å². The third-order valence-corrected chi connectivity index (χ3v) is 4.77. The molecule has 25 heavy (non-hydrogen) atoms. The molecule has 2 aromatic heterocycles. The molecule has 9 heteroatoms. The normalized spacial score (nSPS) is 12.1. The molecule has 1 unspecified atom stereocenters. The van der Waals surface area contributed by atoms with Crippen LogP contribution in [0.2, 0.25) is 5.02 Å². The number of rotatable bonds is 7. The second kappa shape index (κ2) is 8.17. The van der Waals surface area contributed by atoms with Gasteiger partial charge < -0.3 is 9.73 Å². The van der Waals surface area contributed by atoms with E-state index in [-0.39, 0.29) is 17.7 Å². The van der Waals surface area contributed by atoms with E-state index in [0.29, 0.717) is 16.7 Å². The standard InChI is InChI=1S/C16H16ClN5O2S/c1-11(13-6-2-3-7-14(13)17)18-15(23)10-25-16-19-20-21-22(16)9-12-5-4-8-24-12/h2-8,11H,9-10H2,1H3,(H,18,23). The van der Waals surface area contributed by atoms with Crippen LogP contribution in [0.5, 0.6) is 0 Å². The number of aromatic nitrogens is 4. The second-order valence-corrected chi connectivity index (χ2v) is 6.65. The summed E-state index contributed by atoms with van der Waals surface area (Å²) in [6, 6.07) is 10.9. The Bertz CT molecular complexity index is 837. The Hall–Kier alpha value is -2.32. The number of nitrogens with one attached hydrogen (secondary N) is 1. The number of carbonyl (C=O) groups is 1. The molecule has 1 atom stereocenters. The molecular formula is C16H16ClN5O2S. The quantitative estimate of drug-likeness (QED) is 0.637. The fourth-order valence-electron chi connectivity index (χ4n) is 2.27. The van der Waals surface area contributed by atoms with Crippen LogP contribution in [0.4, 0.5) is 0 Å². The van der Waals surface area contributed by atoms with E-state index in [1.807, 2.05) is 31.2 Å². The maximum absolute atomic E-state index is 12.2. The van der Waals surface area contributed by atoms with Gasteiger partial charge in [0, 0.05) is 5.02 Å². The zero-order valence-corrected chi connectivity index (χ0v) is 15.0. The number of hydrogen-bond acceptors (Lipinski definition) is 6. The Morgan fingerprint density at radius 2 is 2.20 bits per heavy atom. The molecule has 0 fully saturated rings. The fraction of sp³-hybridized carbons (Fsp3) is 0.250. The van der Waals surface area contributed by atoms with Gasteiger partial charge in [-0.05, 0) is 41.1 Å². The summed E-state index contributed by atoms with van der Waals surface area (Å²) in [6.07, 6.45) is 1.59. The van der Waals surface area contributed by atoms with Crippen molar-refractivity contribution in [3.05, 3.63) is 59.0 Å². The number of carbonyl (C=O) groups excluding carboxylic acids is 1. The minimum absolute atomic E-state index is 0.120. The summed E-state index contributed by atoms with van der Waals surface area (Å²) in [7, 11) is 0. The maximum atomic E-state index is 12.2. The van der Waals surface area contributed by atoms with Crippen LogP contribution in [-0.4, -0.2) is 31.9 Å². The zero-order chi connectivity index (χ0) is 17.6. The van der Waals surface area contributed by atoms with Gasteiger partial charge in [0.2, 0.25) is 11.1 Å². The molecule has 3 rings (SSSR count). The van der Waals surface area contributed by atoms with Crippen molar-refractivity contribution in [3.8, 4) is 0 Å². The van der Waals surface area contributed by atoms with Gasteiger partial charge >= 0.3 is 0 Å².